The minimum atomic E-state index is -0.314. The van der Waals surface area contributed by atoms with Gasteiger partial charge in [-0.1, -0.05) is 0 Å². The summed E-state index contributed by atoms with van der Waals surface area (Å²) in [4.78, 5) is 30.2. The van der Waals surface area contributed by atoms with Gasteiger partial charge in [-0.15, -0.1) is 11.3 Å². The molecule has 2 aromatic heterocycles. The van der Waals surface area contributed by atoms with E-state index >= 15 is 0 Å². The number of benzene rings is 1. The highest BCUT2D eigenvalue weighted by molar-refractivity contribution is 7.20. The molecule has 2 heterocycles. The van der Waals surface area contributed by atoms with Crippen LogP contribution in [0.4, 0.5) is 5.69 Å². The summed E-state index contributed by atoms with van der Waals surface area (Å²) in [6, 6.07) is 5.12. The Balaban J connectivity index is 2.00. The van der Waals surface area contributed by atoms with Crippen molar-refractivity contribution in [3.63, 3.8) is 0 Å². The lowest BCUT2D eigenvalue weighted by Crippen LogP contribution is -2.17. The number of nitrogens with one attached hydrogen (secondary N) is 1. The molecule has 0 fully saturated rings. The zero-order chi connectivity index (χ0) is 18.1. The average molecular weight is 359 g/mol. The topological polar surface area (TPSA) is 82.5 Å². The van der Waals surface area contributed by atoms with Gasteiger partial charge in [0.15, 0.2) is 0 Å². The maximum atomic E-state index is 12.7. The van der Waals surface area contributed by atoms with Gasteiger partial charge < -0.3 is 19.4 Å². The first-order chi connectivity index (χ1) is 12.0. The number of fused-ring (bicyclic) bond motifs is 1. The molecular weight excluding hydrogens is 342 g/mol. The molecule has 0 aliphatic heterocycles. The Morgan fingerprint density at radius 3 is 2.72 bits per heavy atom. The van der Waals surface area contributed by atoms with E-state index in [1.54, 1.807) is 39.3 Å². The molecule has 25 heavy (non-hydrogen) atoms. The van der Waals surface area contributed by atoms with E-state index in [-0.39, 0.29) is 11.5 Å². The highest BCUT2D eigenvalue weighted by atomic mass is 32.1. The van der Waals surface area contributed by atoms with Crippen LogP contribution in [0, 0.1) is 6.92 Å². The van der Waals surface area contributed by atoms with Crippen molar-refractivity contribution in [3.05, 3.63) is 45.3 Å². The lowest BCUT2D eigenvalue weighted by Gasteiger charge is -2.11. The second-order valence-corrected chi connectivity index (χ2v) is 6.42. The monoisotopic (exact) mass is 359 g/mol. The van der Waals surface area contributed by atoms with Crippen LogP contribution in [0.5, 0.6) is 11.5 Å². The van der Waals surface area contributed by atoms with Crippen molar-refractivity contribution in [2.24, 2.45) is 7.05 Å². The Hall–Kier alpha value is -2.87. The van der Waals surface area contributed by atoms with Crippen molar-refractivity contribution in [2.75, 3.05) is 19.5 Å². The molecular formula is C17H17N3O4S. The fourth-order valence-corrected chi connectivity index (χ4v) is 3.54. The number of carbonyl (C=O) groups is 1. The molecule has 1 amide bonds. The number of nitrogens with zero attached hydrogens (tertiary/aromatic N) is 2. The summed E-state index contributed by atoms with van der Waals surface area (Å²) in [6.45, 7) is 1.75. The molecule has 0 bridgehead atoms. The van der Waals surface area contributed by atoms with Crippen molar-refractivity contribution in [1.82, 2.24) is 9.55 Å². The number of carbonyl (C=O) groups excluding carboxylic acids is 1. The Morgan fingerprint density at radius 2 is 2.04 bits per heavy atom. The number of thiophene rings is 1. The number of methoxy groups -OCH3 is 2. The van der Waals surface area contributed by atoms with Gasteiger partial charge in [0.25, 0.3) is 11.5 Å². The third-order valence-corrected chi connectivity index (χ3v) is 5.07. The molecule has 0 aliphatic carbocycles. The van der Waals surface area contributed by atoms with Gasteiger partial charge in [-0.05, 0) is 24.6 Å². The Kier molecular flexibility index (Phi) is 4.45. The molecule has 0 aliphatic rings. The van der Waals surface area contributed by atoms with Crippen molar-refractivity contribution < 1.29 is 14.3 Å². The Bertz CT molecular complexity index is 1020. The first-order valence-corrected chi connectivity index (χ1v) is 8.26. The number of anilines is 1. The summed E-state index contributed by atoms with van der Waals surface area (Å²) < 4.78 is 11.8. The minimum absolute atomic E-state index is 0.167. The normalized spacial score (nSPS) is 10.7. The van der Waals surface area contributed by atoms with Crippen LogP contribution in [-0.4, -0.2) is 29.7 Å². The van der Waals surface area contributed by atoms with E-state index in [1.807, 2.05) is 0 Å². The van der Waals surface area contributed by atoms with Crippen LogP contribution in [0.2, 0.25) is 0 Å². The molecule has 1 N–H and O–H groups in total. The molecule has 0 radical (unpaired) electrons. The fourth-order valence-electron chi connectivity index (χ4n) is 2.51. The number of hydrogen-bond donors (Lipinski definition) is 1. The molecule has 0 unspecified atom stereocenters. The molecule has 3 aromatic rings. The minimum Gasteiger partial charge on any atom is -0.497 e. The summed E-state index contributed by atoms with van der Waals surface area (Å²) in [7, 11) is 4.71. The number of aryl methyl sites for hydroxylation is 2. The molecule has 0 spiro atoms. The number of ether oxygens (including phenoxy) is 2. The van der Waals surface area contributed by atoms with Gasteiger partial charge in [0, 0.05) is 13.1 Å². The van der Waals surface area contributed by atoms with Gasteiger partial charge in [-0.2, -0.15) is 0 Å². The van der Waals surface area contributed by atoms with E-state index in [4.69, 9.17) is 9.47 Å². The highest BCUT2D eigenvalue weighted by Gasteiger charge is 2.20. The third-order valence-electron chi connectivity index (χ3n) is 3.87. The summed E-state index contributed by atoms with van der Waals surface area (Å²) in [6.07, 6.45) is 1.45. The van der Waals surface area contributed by atoms with Crippen molar-refractivity contribution >= 4 is 33.1 Å². The number of rotatable bonds is 4. The van der Waals surface area contributed by atoms with Gasteiger partial charge in [-0.3, -0.25) is 9.59 Å². The average Bonchev–Trinajstić information content (AvgIpc) is 2.96. The maximum Gasteiger partial charge on any atom is 0.266 e. The molecule has 7 nitrogen and oxygen atoms in total. The SMILES string of the molecule is COc1ccc(NC(=O)c2sc3ncn(C)c(=O)c3c2C)c(OC)c1. The van der Waals surface area contributed by atoms with E-state index in [9.17, 15) is 9.59 Å². The number of hydrogen-bond acceptors (Lipinski definition) is 6. The Morgan fingerprint density at radius 1 is 1.28 bits per heavy atom. The van der Waals surface area contributed by atoms with Crippen molar-refractivity contribution in [3.8, 4) is 11.5 Å². The summed E-state index contributed by atoms with van der Waals surface area (Å²) in [5.74, 6) is 0.798. The van der Waals surface area contributed by atoms with E-state index in [2.05, 4.69) is 10.3 Å². The second-order valence-electron chi connectivity index (χ2n) is 5.42. The quantitative estimate of drug-likeness (QED) is 0.774. The molecule has 8 heteroatoms. The van der Waals surface area contributed by atoms with Gasteiger partial charge >= 0.3 is 0 Å². The Labute approximate surface area is 147 Å². The molecule has 130 valence electrons. The zero-order valence-corrected chi connectivity index (χ0v) is 15.1. The molecule has 3 rings (SSSR count). The number of aromatic nitrogens is 2. The van der Waals surface area contributed by atoms with Gasteiger partial charge in [0.2, 0.25) is 0 Å². The molecule has 0 saturated carbocycles. The molecule has 0 saturated heterocycles. The predicted octanol–water partition coefficient (Wildman–Crippen LogP) is 2.57. The standard InChI is InChI=1S/C17H17N3O4S/c1-9-13-16(18-8-20(2)17(13)22)25-14(9)15(21)19-11-6-5-10(23-3)7-12(11)24-4/h5-8H,1-4H3,(H,19,21). The number of amides is 1. The third kappa shape index (κ3) is 2.96. The lowest BCUT2D eigenvalue weighted by molar-refractivity contribution is 0.102. The van der Waals surface area contributed by atoms with Crippen LogP contribution in [-0.2, 0) is 7.05 Å². The summed E-state index contributed by atoms with van der Waals surface area (Å²) in [5, 5.41) is 3.29. The van der Waals surface area contributed by atoms with Crippen LogP contribution in [0.3, 0.4) is 0 Å². The fraction of sp³-hybridized carbons (Fsp3) is 0.235. The van der Waals surface area contributed by atoms with E-state index in [0.717, 1.165) is 0 Å². The lowest BCUT2D eigenvalue weighted by atomic mass is 10.2. The molecule has 0 atom stereocenters. The zero-order valence-electron chi connectivity index (χ0n) is 14.2. The van der Waals surface area contributed by atoms with Crippen molar-refractivity contribution in [1.29, 1.82) is 0 Å². The van der Waals surface area contributed by atoms with Gasteiger partial charge in [-0.25, -0.2) is 4.98 Å². The smallest absolute Gasteiger partial charge is 0.266 e. The predicted molar refractivity (Wildman–Crippen MR) is 97.1 cm³/mol. The van der Waals surface area contributed by atoms with E-state index in [1.165, 1.54) is 29.3 Å². The first kappa shape index (κ1) is 17.0. The van der Waals surface area contributed by atoms with Crippen LogP contribution in [0.25, 0.3) is 10.2 Å². The largest absolute Gasteiger partial charge is 0.497 e. The van der Waals surface area contributed by atoms with E-state index < -0.39 is 0 Å². The van der Waals surface area contributed by atoms with Crippen LogP contribution >= 0.6 is 11.3 Å². The van der Waals surface area contributed by atoms with Gasteiger partial charge in [0.1, 0.15) is 16.3 Å². The molecule has 1 aromatic carbocycles. The van der Waals surface area contributed by atoms with Gasteiger partial charge in [0.05, 0.1) is 36.5 Å². The van der Waals surface area contributed by atoms with Crippen LogP contribution in [0.1, 0.15) is 15.2 Å². The van der Waals surface area contributed by atoms with Crippen LogP contribution in [0.15, 0.2) is 29.3 Å². The van der Waals surface area contributed by atoms with Crippen LogP contribution < -0.4 is 20.3 Å². The van der Waals surface area contributed by atoms with E-state index in [0.29, 0.717) is 37.8 Å². The second kappa shape index (κ2) is 6.56. The first-order valence-electron chi connectivity index (χ1n) is 7.44. The maximum absolute atomic E-state index is 12.7. The van der Waals surface area contributed by atoms with Crippen molar-refractivity contribution in [2.45, 2.75) is 6.92 Å². The summed E-state index contributed by atoms with van der Waals surface area (Å²) >= 11 is 1.19. The highest BCUT2D eigenvalue weighted by Crippen LogP contribution is 2.31. The summed E-state index contributed by atoms with van der Waals surface area (Å²) in [5.41, 5.74) is 0.976.